The molecule has 4 heterocycles. The molecule has 0 spiro atoms. The van der Waals surface area contributed by atoms with E-state index >= 15 is 0 Å². The summed E-state index contributed by atoms with van der Waals surface area (Å²) in [6, 6.07) is 9.34. The molecule has 4 saturated heterocycles. The van der Waals surface area contributed by atoms with Crippen LogP contribution in [0.25, 0.3) is 6.08 Å². The van der Waals surface area contributed by atoms with Crippen molar-refractivity contribution in [3.05, 3.63) is 42.0 Å². The molecule has 0 amide bonds. The number of aliphatic hydroxyl groups excluding tert-OH is 5. The fourth-order valence-electron chi connectivity index (χ4n) is 15.8. The van der Waals surface area contributed by atoms with E-state index in [1.807, 2.05) is 44.2 Å². The Morgan fingerprint density at radius 3 is 1.89 bits per heavy atom. The lowest BCUT2D eigenvalue weighted by molar-refractivity contribution is -0.373. The molecule has 22 heteroatoms. The van der Waals surface area contributed by atoms with Crippen molar-refractivity contribution in [3.8, 4) is 0 Å². The molecule has 0 aromatic heterocycles. The molecule has 0 radical (unpaired) electrons. The predicted octanol–water partition coefficient (Wildman–Crippen LogP) is 2.89. The highest BCUT2D eigenvalue weighted by Gasteiger charge is 2.76. The lowest BCUT2D eigenvalue weighted by atomic mass is 9.41. The molecule has 6 N–H and O–H groups in total. The Balaban J connectivity index is 0.825. The quantitative estimate of drug-likeness (QED) is 0.0743. The average molecular weight is 1150 g/mol. The van der Waals surface area contributed by atoms with Gasteiger partial charge < -0.3 is 92.2 Å². The van der Waals surface area contributed by atoms with Crippen LogP contribution in [0.15, 0.2) is 36.4 Å². The third-order valence-electron chi connectivity index (χ3n) is 20.0. The molecule has 22 nitrogen and oxygen atoms in total. The third kappa shape index (κ3) is 12.0. The van der Waals surface area contributed by atoms with Gasteiger partial charge in [-0.2, -0.15) is 0 Å². The summed E-state index contributed by atoms with van der Waals surface area (Å²) in [5.41, 5.74) is -2.28. The number of esters is 2. The van der Waals surface area contributed by atoms with Crippen LogP contribution in [0, 0.1) is 34.5 Å². The number of methoxy groups -OCH3 is 3. The number of aliphatic hydroxyl groups is 6. The van der Waals surface area contributed by atoms with Gasteiger partial charge in [-0.15, -0.1) is 0 Å². The number of fused-ring (bicyclic) bond motifs is 5. The van der Waals surface area contributed by atoms with E-state index in [1.54, 1.807) is 27.0 Å². The molecule has 28 atom stereocenters. The van der Waals surface area contributed by atoms with Crippen molar-refractivity contribution in [1.82, 2.24) is 0 Å². The Labute approximate surface area is 474 Å². The van der Waals surface area contributed by atoms with Crippen molar-refractivity contribution in [3.63, 3.8) is 0 Å². The molecular formula is C59H88O22. The van der Waals surface area contributed by atoms with Gasteiger partial charge in [0.05, 0.1) is 48.8 Å². The smallest absolute Gasteiger partial charge is 0.331 e. The van der Waals surface area contributed by atoms with Crippen LogP contribution >= 0.6 is 0 Å². The second-order valence-corrected chi connectivity index (χ2v) is 24.5. The van der Waals surface area contributed by atoms with Crippen LogP contribution in [0.5, 0.6) is 0 Å². The van der Waals surface area contributed by atoms with Gasteiger partial charge in [-0.1, -0.05) is 44.2 Å². The van der Waals surface area contributed by atoms with Gasteiger partial charge in [0.1, 0.15) is 72.9 Å². The Kier molecular flexibility index (Phi) is 19.6. The van der Waals surface area contributed by atoms with Gasteiger partial charge in [0.15, 0.2) is 25.2 Å². The van der Waals surface area contributed by atoms with Crippen LogP contribution in [0.4, 0.5) is 0 Å². The van der Waals surface area contributed by atoms with Crippen LogP contribution in [0.3, 0.4) is 0 Å². The lowest BCUT2D eigenvalue weighted by Crippen LogP contribution is -2.73. The van der Waals surface area contributed by atoms with Gasteiger partial charge in [-0.3, -0.25) is 9.59 Å². The van der Waals surface area contributed by atoms with Crippen molar-refractivity contribution >= 4 is 23.8 Å². The fourth-order valence-corrected chi connectivity index (χ4v) is 15.8. The molecule has 9 rings (SSSR count). The molecule has 28 unspecified atom stereocenters. The van der Waals surface area contributed by atoms with Gasteiger partial charge in [-0.25, -0.2) is 4.79 Å². The molecule has 4 saturated carbocycles. The van der Waals surface area contributed by atoms with E-state index in [4.69, 9.17) is 61.6 Å². The highest BCUT2D eigenvalue weighted by atomic mass is 16.8. The van der Waals surface area contributed by atoms with E-state index in [-0.39, 0.29) is 30.1 Å². The maximum atomic E-state index is 13.9. The number of carbonyl (C=O) groups is 3. The number of rotatable bonds is 17. The first-order valence-corrected chi connectivity index (χ1v) is 29.0. The van der Waals surface area contributed by atoms with Crippen molar-refractivity contribution in [2.24, 2.45) is 34.5 Å². The topological polar surface area (TPSA) is 293 Å². The number of ketones is 1. The summed E-state index contributed by atoms with van der Waals surface area (Å²) in [5, 5.41) is 65.7. The van der Waals surface area contributed by atoms with E-state index in [0.29, 0.717) is 44.9 Å². The maximum Gasteiger partial charge on any atom is 0.331 e. The van der Waals surface area contributed by atoms with Crippen LogP contribution < -0.4 is 0 Å². The van der Waals surface area contributed by atoms with E-state index in [2.05, 4.69) is 6.92 Å². The Hall–Kier alpha value is -3.11. The largest absolute Gasteiger partial charge is 0.458 e. The number of Topliss-reactive ketones (excluding diaryl/α,β-unsaturated/α-hetero) is 1. The zero-order chi connectivity index (χ0) is 58.5. The number of hydrogen-bond donors (Lipinski definition) is 6. The van der Waals surface area contributed by atoms with Crippen LogP contribution in [0.1, 0.15) is 112 Å². The minimum absolute atomic E-state index is 0.0823. The Morgan fingerprint density at radius 2 is 1.27 bits per heavy atom. The van der Waals surface area contributed by atoms with Gasteiger partial charge in [0, 0.05) is 64.4 Å². The molecule has 8 fully saturated rings. The summed E-state index contributed by atoms with van der Waals surface area (Å²) in [6.45, 7) is 11.6. The zero-order valence-corrected chi connectivity index (χ0v) is 48.3. The van der Waals surface area contributed by atoms with Crippen molar-refractivity contribution < 1.29 is 107 Å². The second-order valence-electron chi connectivity index (χ2n) is 24.5. The van der Waals surface area contributed by atoms with Gasteiger partial charge in [0.2, 0.25) is 0 Å². The lowest BCUT2D eigenvalue weighted by Gasteiger charge is -2.66. The highest BCUT2D eigenvalue weighted by molar-refractivity contribution is 5.87. The molecule has 4 aliphatic heterocycles. The van der Waals surface area contributed by atoms with Crippen molar-refractivity contribution in [2.45, 2.75) is 241 Å². The summed E-state index contributed by atoms with van der Waals surface area (Å²) in [4.78, 5) is 40.6. The van der Waals surface area contributed by atoms with E-state index in [0.717, 1.165) is 12.0 Å². The molecule has 8 aliphatic rings. The fraction of sp³-hybridized carbons (Fsp3) is 0.814. The summed E-state index contributed by atoms with van der Waals surface area (Å²) in [6.07, 6.45) is -12.7. The van der Waals surface area contributed by atoms with E-state index < -0.39 is 170 Å². The van der Waals surface area contributed by atoms with E-state index in [1.165, 1.54) is 34.1 Å². The van der Waals surface area contributed by atoms with Crippen molar-refractivity contribution in [1.29, 1.82) is 0 Å². The molecule has 456 valence electrons. The van der Waals surface area contributed by atoms with Crippen LogP contribution in [-0.2, 0) is 76.0 Å². The SMILES string of the molecule is COC1CC(OC2CCC3(C)C(CCC4C3C(OC(C)=O)C(OC(=O)C=Cc3ccccc3)C3(C)C(C(C)=O)CCC43O)C2)OC(C)C1OC1CC(OC)C(OC2OC(C)C(OC3OC(CO)C(O)C(O)C3O)C(OC)C2O)C(C)O1. The third-order valence-corrected chi connectivity index (χ3v) is 20.0. The Morgan fingerprint density at radius 1 is 0.654 bits per heavy atom. The standard InChI is InChI=1S/C59H88O22/c1-28(61)36-21-23-59(68)37-18-17-34-24-35(20-22-57(34,6)44(37)52(75-32(5)62)54(58(36,59)7)78-41(63)19-16-33-14-12-11-13-15-33)76-42-25-38(69-8)49(29(2)72-42)79-43-26-39(70-9)50(30(3)73-43)80-56-48(67)53(71-10)51(31(4)74-56)81-55-47(66)46(65)45(64)40(27-60)77-55/h11-16,19,29-31,34-40,42-56,60,64-68H,17-18,20-27H2,1-10H3. The maximum absolute atomic E-state index is 13.9. The predicted molar refractivity (Wildman–Crippen MR) is 283 cm³/mol. The van der Waals surface area contributed by atoms with Crippen LogP contribution in [-0.4, -0.2) is 211 Å². The van der Waals surface area contributed by atoms with Gasteiger partial charge >= 0.3 is 11.9 Å². The minimum Gasteiger partial charge on any atom is -0.458 e. The number of benzene rings is 1. The molecule has 0 bridgehead atoms. The number of hydrogen-bond acceptors (Lipinski definition) is 22. The summed E-state index contributed by atoms with van der Waals surface area (Å²) in [5.74, 6) is -2.55. The second kappa shape index (κ2) is 25.5. The van der Waals surface area contributed by atoms with Crippen LogP contribution in [0.2, 0.25) is 0 Å². The van der Waals surface area contributed by atoms with E-state index in [9.17, 15) is 45.0 Å². The monoisotopic (exact) mass is 1150 g/mol. The van der Waals surface area contributed by atoms with Gasteiger partial charge in [0.25, 0.3) is 0 Å². The summed E-state index contributed by atoms with van der Waals surface area (Å²) >= 11 is 0. The number of ether oxygens (including phenoxy) is 13. The normalized spacial score (nSPS) is 48.1. The zero-order valence-electron chi connectivity index (χ0n) is 48.3. The molecule has 1 aromatic rings. The Bertz CT molecular complexity index is 2330. The number of carbonyl (C=O) groups excluding carboxylic acids is 3. The molecule has 1 aromatic carbocycles. The first kappa shape index (κ1) is 62.4. The first-order chi connectivity index (χ1) is 38.5. The first-order valence-electron chi connectivity index (χ1n) is 29.0. The van der Waals surface area contributed by atoms with Crippen molar-refractivity contribution in [2.75, 3.05) is 27.9 Å². The minimum atomic E-state index is -1.68. The molecule has 81 heavy (non-hydrogen) atoms. The highest BCUT2D eigenvalue weighted by Crippen LogP contribution is 2.70. The molecular weight excluding hydrogens is 1060 g/mol. The molecule has 4 aliphatic carbocycles. The van der Waals surface area contributed by atoms with Gasteiger partial charge in [-0.05, 0) is 102 Å². The average Bonchev–Trinajstić information content (AvgIpc) is 3.69. The summed E-state index contributed by atoms with van der Waals surface area (Å²) in [7, 11) is 4.52. The summed E-state index contributed by atoms with van der Waals surface area (Å²) < 4.78 is 81.0.